The molecule has 0 spiro atoms. The molecule has 0 fully saturated rings. The average Bonchev–Trinajstić information content (AvgIpc) is 2.43. The Bertz CT molecular complexity index is 662. The Morgan fingerprint density at radius 3 is 2.55 bits per heavy atom. The third-order valence-corrected chi connectivity index (χ3v) is 4.12. The van der Waals surface area contributed by atoms with Crippen molar-refractivity contribution in [1.82, 2.24) is 0 Å². The minimum Gasteiger partial charge on any atom is -0.387 e. The Balaban J connectivity index is 2.27. The van der Waals surface area contributed by atoms with Crippen molar-refractivity contribution >= 4 is 56.4 Å². The zero-order valence-corrected chi connectivity index (χ0v) is 13.6. The van der Waals surface area contributed by atoms with Crippen molar-refractivity contribution < 1.29 is 4.79 Å². The molecule has 1 amide bonds. The van der Waals surface area contributed by atoms with Gasteiger partial charge in [-0.25, -0.2) is 0 Å². The van der Waals surface area contributed by atoms with Crippen LogP contribution in [-0.4, -0.2) is 13.0 Å². The van der Waals surface area contributed by atoms with E-state index >= 15 is 0 Å². The van der Waals surface area contributed by atoms with E-state index < -0.39 is 0 Å². The van der Waals surface area contributed by atoms with E-state index in [9.17, 15) is 4.79 Å². The van der Waals surface area contributed by atoms with Gasteiger partial charge in [-0.15, -0.1) is 0 Å². The highest BCUT2D eigenvalue weighted by Gasteiger charge is 2.12. The number of rotatable bonds is 3. The van der Waals surface area contributed by atoms with E-state index in [2.05, 4.69) is 26.6 Å². The molecule has 0 heterocycles. The quantitative estimate of drug-likeness (QED) is 0.790. The maximum Gasteiger partial charge on any atom is 0.257 e. The Morgan fingerprint density at radius 1 is 1.15 bits per heavy atom. The summed E-state index contributed by atoms with van der Waals surface area (Å²) in [6.07, 6.45) is 0. The van der Waals surface area contributed by atoms with Crippen LogP contribution < -0.4 is 10.6 Å². The topological polar surface area (TPSA) is 41.1 Å². The van der Waals surface area contributed by atoms with Crippen LogP contribution in [0.5, 0.6) is 0 Å². The molecule has 3 nitrogen and oxygen atoms in total. The highest BCUT2D eigenvalue weighted by atomic mass is 79.9. The van der Waals surface area contributed by atoms with Crippen molar-refractivity contribution in [3.05, 3.63) is 56.5 Å². The molecule has 0 saturated heterocycles. The van der Waals surface area contributed by atoms with Crippen LogP contribution in [0, 0.1) is 0 Å². The van der Waals surface area contributed by atoms with Crippen LogP contribution in [0.1, 0.15) is 10.4 Å². The van der Waals surface area contributed by atoms with Gasteiger partial charge in [0.1, 0.15) is 0 Å². The first kappa shape index (κ1) is 15.2. The molecule has 0 unspecified atom stereocenters. The number of carbonyl (C=O) groups excluding carboxylic acids is 1. The van der Waals surface area contributed by atoms with Gasteiger partial charge in [-0.3, -0.25) is 4.79 Å². The van der Waals surface area contributed by atoms with Gasteiger partial charge in [0.15, 0.2) is 0 Å². The molecule has 2 aromatic carbocycles. The molecule has 0 atom stereocenters. The summed E-state index contributed by atoms with van der Waals surface area (Å²) >= 11 is 15.2. The lowest BCUT2D eigenvalue weighted by atomic mass is 10.1. The fourth-order valence-corrected chi connectivity index (χ4v) is 2.36. The summed E-state index contributed by atoms with van der Waals surface area (Å²) in [5, 5.41) is 6.85. The minimum atomic E-state index is -0.244. The maximum absolute atomic E-state index is 12.3. The van der Waals surface area contributed by atoms with E-state index in [1.54, 1.807) is 43.4 Å². The average molecular weight is 374 g/mol. The number of anilines is 2. The maximum atomic E-state index is 12.3. The molecule has 20 heavy (non-hydrogen) atoms. The van der Waals surface area contributed by atoms with Crippen molar-refractivity contribution in [2.75, 3.05) is 17.7 Å². The molecule has 0 bridgehead atoms. The number of hydrogen-bond acceptors (Lipinski definition) is 2. The number of nitrogens with one attached hydrogen (secondary N) is 2. The van der Waals surface area contributed by atoms with Gasteiger partial charge in [0.25, 0.3) is 5.91 Å². The van der Waals surface area contributed by atoms with Gasteiger partial charge < -0.3 is 10.6 Å². The summed E-state index contributed by atoms with van der Waals surface area (Å²) in [5.41, 5.74) is 1.83. The van der Waals surface area contributed by atoms with Crippen molar-refractivity contribution in [3.63, 3.8) is 0 Å². The zero-order valence-electron chi connectivity index (χ0n) is 10.5. The molecule has 2 rings (SSSR count). The number of hydrogen-bond donors (Lipinski definition) is 2. The van der Waals surface area contributed by atoms with Crippen LogP contribution in [0.4, 0.5) is 11.4 Å². The molecule has 0 radical (unpaired) electrons. The smallest absolute Gasteiger partial charge is 0.257 e. The van der Waals surface area contributed by atoms with Crippen molar-refractivity contribution in [2.24, 2.45) is 0 Å². The monoisotopic (exact) mass is 372 g/mol. The molecule has 2 N–H and O–H groups in total. The number of benzene rings is 2. The first-order chi connectivity index (χ1) is 9.51. The van der Waals surface area contributed by atoms with Gasteiger partial charge in [-0.1, -0.05) is 23.2 Å². The number of amides is 1. The first-order valence-corrected chi connectivity index (χ1v) is 7.30. The predicted octanol–water partition coefficient (Wildman–Crippen LogP) is 5.05. The molecule has 2 aromatic rings. The van der Waals surface area contributed by atoms with Gasteiger partial charge in [-0.2, -0.15) is 0 Å². The highest BCUT2D eigenvalue weighted by Crippen LogP contribution is 2.27. The standard InChI is InChI=1S/C14H11BrCl2N2O/c1-18-13-5-2-8(16)6-10(13)14(20)19-9-3-4-12(17)11(15)7-9/h2-7,18H,1H3,(H,19,20). The van der Waals surface area contributed by atoms with Gasteiger partial charge in [0.2, 0.25) is 0 Å². The van der Waals surface area contributed by atoms with Crippen molar-refractivity contribution in [2.45, 2.75) is 0 Å². The van der Waals surface area contributed by atoms with Gasteiger partial charge in [0.05, 0.1) is 10.6 Å². The van der Waals surface area contributed by atoms with E-state index in [1.165, 1.54) is 0 Å². The Kier molecular flexibility index (Phi) is 4.91. The third-order valence-electron chi connectivity index (χ3n) is 2.67. The van der Waals surface area contributed by atoms with E-state index in [4.69, 9.17) is 23.2 Å². The number of carbonyl (C=O) groups is 1. The van der Waals surface area contributed by atoms with Crippen LogP contribution >= 0.6 is 39.1 Å². The fourth-order valence-electron chi connectivity index (χ4n) is 1.69. The van der Waals surface area contributed by atoms with Gasteiger partial charge in [0, 0.05) is 27.9 Å². The SMILES string of the molecule is CNc1ccc(Cl)cc1C(=O)Nc1ccc(Cl)c(Br)c1. The second-order valence-corrected chi connectivity index (χ2v) is 5.72. The summed E-state index contributed by atoms with van der Waals surface area (Å²) in [7, 11) is 1.75. The number of halogens is 3. The summed E-state index contributed by atoms with van der Waals surface area (Å²) in [5.74, 6) is -0.244. The fraction of sp³-hybridized carbons (Fsp3) is 0.0714. The molecule has 0 aromatic heterocycles. The van der Waals surface area contributed by atoms with E-state index in [1.807, 2.05) is 0 Å². The summed E-state index contributed by atoms with van der Waals surface area (Å²) in [4.78, 5) is 12.3. The van der Waals surface area contributed by atoms with E-state index in [0.29, 0.717) is 27.0 Å². The Hall–Kier alpha value is -1.23. The third kappa shape index (κ3) is 3.45. The summed E-state index contributed by atoms with van der Waals surface area (Å²) < 4.78 is 0.719. The molecular formula is C14H11BrCl2N2O. The van der Waals surface area contributed by atoms with E-state index in [0.717, 1.165) is 4.47 Å². The van der Waals surface area contributed by atoms with Crippen molar-refractivity contribution in [3.8, 4) is 0 Å². The zero-order chi connectivity index (χ0) is 14.7. The first-order valence-electron chi connectivity index (χ1n) is 5.75. The van der Waals surface area contributed by atoms with Crippen LogP contribution in [0.2, 0.25) is 10.0 Å². The second-order valence-electron chi connectivity index (χ2n) is 4.02. The van der Waals surface area contributed by atoms with Gasteiger partial charge in [-0.05, 0) is 52.3 Å². The lowest BCUT2D eigenvalue weighted by Crippen LogP contribution is -2.14. The molecule has 0 aliphatic rings. The predicted molar refractivity (Wildman–Crippen MR) is 88.1 cm³/mol. The molecule has 0 saturated carbocycles. The summed E-state index contributed by atoms with van der Waals surface area (Å²) in [6, 6.07) is 10.3. The van der Waals surface area contributed by atoms with E-state index in [-0.39, 0.29) is 5.91 Å². The van der Waals surface area contributed by atoms with Gasteiger partial charge >= 0.3 is 0 Å². The lowest BCUT2D eigenvalue weighted by molar-refractivity contribution is 0.102. The van der Waals surface area contributed by atoms with Crippen LogP contribution in [0.15, 0.2) is 40.9 Å². The highest BCUT2D eigenvalue weighted by molar-refractivity contribution is 9.10. The Labute approximate surface area is 135 Å². The summed E-state index contributed by atoms with van der Waals surface area (Å²) in [6.45, 7) is 0. The second kappa shape index (κ2) is 6.48. The molecule has 0 aliphatic heterocycles. The molecular weight excluding hydrogens is 363 g/mol. The van der Waals surface area contributed by atoms with Crippen LogP contribution in [0.3, 0.4) is 0 Å². The Morgan fingerprint density at radius 2 is 1.90 bits per heavy atom. The molecule has 104 valence electrons. The minimum absolute atomic E-state index is 0.244. The molecule has 0 aliphatic carbocycles. The normalized spacial score (nSPS) is 10.2. The molecule has 6 heteroatoms. The lowest BCUT2D eigenvalue weighted by Gasteiger charge is -2.11. The van der Waals surface area contributed by atoms with Crippen LogP contribution in [0.25, 0.3) is 0 Å². The van der Waals surface area contributed by atoms with Crippen molar-refractivity contribution in [1.29, 1.82) is 0 Å². The largest absolute Gasteiger partial charge is 0.387 e. The van der Waals surface area contributed by atoms with Crippen LogP contribution in [-0.2, 0) is 0 Å².